The van der Waals surface area contributed by atoms with Crippen molar-refractivity contribution >= 4 is 31.1 Å². The average Bonchev–Trinajstić information content (AvgIpc) is 3.26. The van der Waals surface area contributed by atoms with Crippen LogP contribution in [0.15, 0.2) is 72.8 Å². The van der Waals surface area contributed by atoms with Crippen LogP contribution in [0.25, 0.3) is 21.5 Å². The van der Waals surface area contributed by atoms with Crippen LogP contribution < -0.4 is 24.8 Å². The summed E-state index contributed by atoms with van der Waals surface area (Å²) in [5, 5.41) is 5.55. The number of aryl methyl sites for hydroxylation is 2. The molecule has 0 nitrogen and oxygen atoms in total. The summed E-state index contributed by atoms with van der Waals surface area (Å²) in [4.78, 5) is 0. The maximum Gasteiger partial charge on any atom is 4.00 e. The van der Waals surface area contributed by atoms with Crippen LogP contribution in [0.4, 0.5) is 0 Å². The van der Waals surface area contributed by atoms with Crippen molar-refractivity contribution in [2.24, 2.45) is 0 Å². The van der Waals surface area contributed by atoms with Gasteiger partial charge in [0, 0.05) is 9.52 Å². The van der Waals surface area contributed by atoms with Gasteiger partial charge in [0.15, 0.2) is 0 Å². The van der Waals surface area contributed by atoms with Crippen LogP contribution in [0.1, 0.15) is 25.0 Å². The topological polar surface area (TPSA) is 0 Å². The van der Waals surface area contributed by atoms with Crippen LogP contribution in [0.3, 0.4) is 0 Å². The molecule has 0 atom stereocenters. The fourth-order valence-electron chi connectivity index (χ4n) is 3.05. The van der Waals surface area contributed by atoms with Crippen LogP contribution >= 0.6 is 0 Å². The minimum Gasteiger partial charge on any atom is -1.00 e. The molecule has 0 aliphatic carbocycles. The van der Waals surface area contributed by atoms with Crippen LogP contribution in [-0.4, -0.2) is 9.52 Å². The van der Waals surface area contributed by atoms with Gasteiger partial charge in [0.25, 0.3) is 0 Å². The minimum absolute atomic E-state index is 0. The molecule has 4 heteroatoms. The number of halogens is 2. The van der Waals surface area contributed by atoms with E-state index in [1.54, 1.807) is 0 Å². The summed E-state index contributed by atoms with van der Waals surface area (Å²) in [6.45, 7) is 8.81. The van der Waals surface area contributed by atoms with E-state index >= 15 is 0 Å². The van der Waals surface area contributed by atoms with Crippen molar-refractivity contribution in [3.8, 4) is 0 Å². The fraction of sp³-hybridized carbons (Fsp3) is 0.250. The Bertz CT molecular complexity index is 822. The van der Waals surface area contributed by atoms with Gasteiger partial charge in [-0.2, -0.15) is 11.1 Å². The molecule has 0 N–H and O–H groups in total. The summed E-state index contributed by atoms with van der Waals surface area (Å²) in [7, 11) is 0.750. The van der Waals surface area contributed by atoms with Crippen molar-refractivity contribution in [3.63, 3.8) is 0 Å². The first-order valence-electron chi connectivity index (χ1n) is 9.25. The Balaban J connectivity index is 0. The Morgan fingerprint density at radius 1 is 0.679 bits per heavy atom. The molecule has 1 radical (unpaired) electrons. The van der Waals surface area contributed by atoms with Crippen molar-refractivity contribution in [3.05, 3.63) is 83.9 Å². The van der Waals surface area contributed by atoms with E-state index in [-0.39, 0.29) is 51.0 Å². The second-order valence-electron chi connectivity index (χ2n) is 6.18. The zero-order valence-electron chi connectivity index (χ0n) is 17.2. The summed E-state index contributed by atoms with van der Waals surface area (Å²) in [6.07, 6.45) is 2.26. The summed E-state index contributed by atoms with van der Waals surface area (Å²) >= 11 is 0. The first-order chi connectivity index (χ1) is 12.2. The molecule has 4 aromatic rings. The van der Waals surface area contributed by atoms with Gasteiger partial charge in [-0.1, -0.05) is 51.9 Å². The molecule has 0 spiro atoms. The largest absolute Gasteiger partial charge is 4.00 e. The van der Waals surface area contributed by atoms with Crippen molar-refractivity contribution < 1.29 is 51.0 Å². The minimum atomic E-state index is 0. The van der Waals surface area contributed by atoms with Crippen molar-refractivity contribution in [1.82, 2.24) is 0 Å². The molecular formula is C24H29Cl2SiZr. The second-order valence-corrected chi connectivity index (χ2v) is 7.33. The summed E-state index contributed by atoms with van der Waals surface area (Å²) in [5.74, 6) is 0. The molecule has 0 aliphatic heterocycles. The van der Waals surface area contributed by atoms with E-state index in [1.165, 1.54) is 32.7 Å². The number of hydrogen-bond donors (Lipinski definition) is 0. The Labute approximate surface area is 204 Å². The average molecular weight is 508 g/mol. The monoisotopic (exact) mass is 505 g/mol. The first kappa shape index (κ1) is 29.5. The quantitative estimate of drug-likeness (QED) is 0.278. The van der Waals surface area contributed by atoms with Gasteiger partial charge in [0.05, 0.1) is 0 Å². The maximum atomic E-state index is 2.21. The Morgan fingerprint density at radius 3 is 1.32 bits per heavy atom. The van der Waals surface area contributed by atoms with Crippen LogP contribution in [0.5, 0.6) is 0 Å². The summed E-state index contributed by atoms with van der Waals surface area (Å²) in [6, 6.07) is 25.9. The Kier molecular flexibility index (Phi) is 17.1. The molecule has 0 heterocycles. The standard InChI is InChI=1S/2C11H11.C2H7Si.2ClH.Zr/c2*1-2-9-7-8-10-5-3-4-6-11(9)10;1-3-2;;;/h2*3-8H,2H2,1H3;3H,1-2H3;2*1H;/q2*-1;;;;+4/p-2. The molecule has 0 aliphatic rings. The molecule has 28 heavy (non-hydrogen) atoms. The van der Waals surface area contributed by atoms with Gasteiger partial charge in [-0.05, 0) is 0 Å². The van der Waals surface area contributed by atoms with Crippen molar-refractivity contribution in [1.29, 1.82) is 0 Å². The smallest absolute Gasteiger partial charge is 1.00 e. The van der Waals surface area contributed by atoms with E-state index < -0.39 is 0 Å². The van der Waals surface area contributed by atoms with E-state index in [0.717, 1.165) is 22.4 Å². The third-order valence-corrected chi connectivity index (χ3v) is 4.30. The molecule has 0 saturated heterocycles. The Morgan fingerprint density at radius 2 is 1.00 bits per heavy atom. The predicted molar refractivity (Wildman–Crippen MR) is 117 cm³/mol. The van der Waals surface area contributed by atoms with Crippen LogP contribution in [0.2, 0.25) is 13.1 Å². The molecule has 0 fully saturated rings. The molecule has 0 saturated carbocycles. The zero-order valence-corrected chi connectivity index (χ0v) is 22.3. The third kappa shape index (κ3) is 7.99. The van der Waals surface area contributed by atoms with Gasteiger partial charge in [-0.25, -0.2) is 0 Å². The van der Waals surface area contributed by atoms with E-state index in [2.05, 4.69) is 99.7 Å². The third-order valence-electron chi connectivity index (χ3n) is 4.30. The normalized spacial score (nSPS) is 9.00. The van der Waals surface area contributed by atoms with Gasteiger partial charge in [-0.15, -0.1) is 82.2 Å². The van der Waals surface area contributed by atoms with Crippen LogP contribution in [0, 0.1) is 0 Å². The number of fused-ring (bicyclic) bond motifs is 2. The first-order valence-corrected chi connectivity index (χ1v) is 11.6. The second kappa shape index (κ2) is 16.2. The summed E-state index contributed by atoms with van der Waals surface area (Å²) in [5.41, 5.74) is 2.92. The number of rotatable bonds is 2. The van der Waals surface area contributed by atoms with E-state index in [9.17, 15) is 0 Å². The molecule has 0 aromatic heterocycles. The van der Waals surface area contributed by atoms with E-state index in [0.29, 0.717) is 0 Å². The van der Waals surface area contributed by atoms with E-state index in [1.807, 2.05) is 0 Å². The van der Waals surface area contributed by atoms with Crippen molar-refractivity contribution in [2.75, 3.05) is 0 Å². The number of hydrogen-bond acceptors (Lipinski definition) is 0. The van der Waals surface area contributed by atoms with E-state index in [4.69, 9.17) is 0 Å². The molecular weight excluding hydrogens is 478 g/mol. The molecule has 147 valence electrons. The molecule has 4 aromatic carbocycles. The molecule has 4 rings (SSSR count). The van der Waals surface area contributed by atoms with Gasteiger partial charge < -0.3 is 24.8 Å². The maximum absolute atomic E-state index is 2.21. The molecule has 0 amide bonds. The van der Waals surface area contributed by atoms with Gasteiger partial charge in [0.2, 0.25) is 0 Å². The predicted octanol–water partition coefficient (Wildman–Crippen LogP) is 0.767. The zero-order chi connectivity index (χ0) is 18.1. The van der Waals surface area contributed by atoms with Crippen molar-refractivity contribution in [2.45, 2.75) is 39.8 Å². The number of benzene rings is 2. The van der Waals surface area contributed by atoms with Gasteiger partial charge in [-0.3, -0.25) is 0 Å². The fourth-order valence-corrected chi connectivity index (χ4v) is 3.05. The van der Waals surface area contributed by atoms with Crippen LogP contribution in [-0.2, 0) is 39.0 Å². The van der Waals surface area contributed by atoms with Gasteiger partial charge in [0.1, 0.15) is 0 Å². The SMILES string of the molecule is CCc1c[cH-]c2ccccc12.CCc1c[cH-]c2ccccc12.C[SiH]C.[Cl-].[Cl-].[Zr+4]. The summed E-state index contributed by atoms with van der Waals surface area (Å²) < 4.78 is 0. The van der Waals surface area contributed by atoms with Gasteiger partial charge >= 0.3 is 26.2 Å². The Hall–Kier alpha value is -0.660. The molecule has 0 bridgehead atoms. The molecule has 0 unspecified atom stereocenters.